The van der Waals surface area contributed by atoms with Gasteiger partial charge >= 0.3 is 6.18 Å². The summed E-state index contributed by atoms with van der Waals surface area (Å²) in [5.41, 5.74) is 0.146. The van der Waals surface area contributed by atoms with Gasteiger partial charge in [0.25, 0.3) is 5.91 Å². The molecule has 0 atom stereocenters. The maximum Gasteiger partial charge on any atom is 0.417 e. The van der Waals surface area contributed by atoms with Crippen molar-refractivity contribution in [2.24, 2.45) is 0 Å². The molecule has 1 amide bonds. The number of halogens is 3. The molecule has 0 bridgehead atoms. The van der Waals surface area contributed by atoms with Crippen molar-refractivity contribution in [2.45, 2.75) is 26.6 Å². The van der Waals surface area contributed by atoms with E-state index in [-0.39, 0.29) is 18.0 Å². The van der Waals surface area contributed by atoms with Crippen LogP contribution in [0.15, 0.2) is 22.9 Å². The second-order valence-corrected chi connectivity index (χ2v) is 5.14. The number of hydrogen-bond acceptors (Lipinski definition) is 5. The number of pyridine rings is 1. The SMILES string of the molecule is Cc1noc(C)c1C(=O)NCc1nnc2ccc(C(F)(F)F)cn12. The fourth-order valence-corrected chi connectivity index (χ4v) is 2.28. The average molecular weight is 339 g/mol. The third-order valence-corrected chi connectivity index (χ3v) is 3.47. The van der Waals surface area contributed by atoms with Gasteiger partial charge in [0.2, 0.25) is 0 Å². The molecule has 0 radical (unpaired) electrons. The molecule has 0 aromatic carbocycles. The molecule has 0 fully saturated rings. The summed E-state index contributed by atoms with van der Waals surface area (Å²) in [6.45, 7) is 3.12. The van der Waals surface area contributed by atoms with Crippen molar-refractivity contribution in [3.05, 3.63) is 46.7 Å². The summed E-state index contributed by atoms with van der Waals surface area (Å²) in [6.07, 6.45) is -3.58. The molecular weight excluding hydrogens is 327 g/mol. The number of carbonyl (C=O) groups excluding carboxylic acids is 1. The zero-order chi connectivity index (χ0) is 17.5. The molecule has 0 unspecified atom stereocenters. The smallest absolute Gasteiger partial charge is 0.361 e. The number of amides is 1. The van der Waals surface area contributed by atoms with Crippen LogP contribution in [0.3, 0.4) is 0 Å². The molecule has 0 aliphatic heterocycles. The van der Waals surface area contributed by atoms with Gasteiger partial charge in [0.1, 0.15) is 11.3 Å². The first-order chi connectivity index (χ1) is 11.3. The van der Waals surface area contributed by atoms with Crippen LogP contribution in [0.25, 0.3) is 5.65 Å². The lowest BCUT2D eigenvalue weighted by molar-refractivity contribution is -0.137. The average Bonchev–Trinajstić information content (AvgIpc) is 3.07. The first kappa shape index (κ1) is 16.0. The zero-order valence-electron chi connectivity index (χ0n) is 12.7. The fraction of sp³-hybridized carbons (Fsp3) is 0.286. The third kappa shape index (κ3) is 2.82. The number of hydrogen-bond donors (Lipinski definition) is 1. The largest absolute Gasteiger partial charge is 0.417 e. The molecule has 0 aliphatic carbocycles. The van der Waals surface area contributed by atoms with Gasteiger partial charge in [-0.05, 0) is 26.0 Å². The summed E-state index contributed by atoms with van der Waals surface area (Å²) >= 11 is 0. The highest BCUT2D eigenvalue weighted by molar-refractivity contribution is 5.95. The Labute approximate surface area is 133 Å². The number of fused-ring (bicyclic) bond motifs is 1. The van der Waals surface area contributed by atoms with E-state index in [4.69, 9.17) is 4.52 Å². The highest BCUT2D eigenvalue weighted by Crippen LogP contribution is 2.29. The van der Waals surface area contributed by atoms with Crippen LogP contribution in [0.5, 0.6) is 0 Å². The molecule has 3 rings (SSSR count). The third-order valence-electron chi connectivity index (χ3n) is 3.47. The Bertz CT molecular complexity index is 893. The standard InChI is InChI=1S/C14H12F3N5O2/c1-7-12(8(2)24-21-7)13(23)18-5-11-20-19-10-4-3-9(6-22(10)11)14(15,16)17/h3-4,6H,5H2,1-2H3,(H,18,23). The molecule has 0 saturated heterocycles. The maximum absolute atomic E-state index is 12.8. The van der Waals surface area contributed by atoms with Gasteiger partial charge in [-0.15, -0.1) is 10.2 Å². The predicted molar refractivity (Wildman–Crippen MR) is 75.1 cm³/mol. The van der Waals surface area contributed by atoms with Crippen molar-refractivity contribution < 1.29 is 22.5 Å². The van der Waals surface area contributed by atoms with E-state index < -0.39 is 17.6 Å². The molecule has 7 nitrogen and oxygen atoms in total. The molecule has 126 valence electrons. The highest BCUT2D eigenvalue weighted by Gasteiger charge is 2.31. The molecule has 0 aliphatic rings. The molecule has 3 heterocycles. The maximum atomic E-state index is 12.8. The van der Waals surface area contributed by atoms with E-state index in [9.17, 15) is 18.0 Å². The van der Waals surface area contributed by atoms with E-state index in [0.29, 0.717) is 17.0 Å². The number of alkyl halides is 3. The lowest BCUT2D eigenvalue weighted by Crippen LogP contribution is -2.25. The number of aryl methyl sites for hydroxylation is 2. The van der Waals surface area contributed by atoms with Crippen LogP contribution in [-0.4, -0.2) is 25.7 Å². The second-order valence-electron chi connectivity index (χ2n) is 5.14. The minimum Gasteiger partial charge on any atom is -0.361 e. The van der Waals surface area contributed by atoms with Gasteiger partial charge in [-0.25, -0.2) is 0 Å². The van der Waals surface area contributed by atoms with E-state index in [1.54, 1.807) is 13.8 Å². The van der Waals surface area contributed by atoms with Crippen molar-refractivity contribution in [3.63, 3.8) is 0 Å². The van der Waals surface area contributed by atoms with Crippen molar-refractivity contribution in [1.82, 2.24) is 25.1 Å². The lowest BCUT2D eigenvalue weighted by Gasteiger charge is -2.08. The van der Waals surface area contributed by atoms with Gasteiger partial charge < -0.3 is 9.84 Å². The van der Waals surface area contributed by atoms with Crippen LogP contribution in [0.1, 0.15) is 33.2 Å². The van der Waals surface area contributed by atoms with Crippen molar-refractivity contribution in [2.75, 3.05) is 0 Å². The first-order valence-electron chi connectivity index (χ1n) is 6.89. The highest BCUT2D eigenvalue weighted by atomic mass is 19.4. The Morgan fingerprint density at radius 1 is 1.29 bits per heavy atom. The van der Waals surface area contributed by atoms with E-state index >= 15 is 0 Å². The summed E-state index contributed by atoms with van der Waals surface area (Å²) in [4.78, 5) is 12.2. The molecule has 3 aromatic rings. The minimum atomic E-state index is -4.48. The van der Waals surface area contributed by atoms with Crippen LogP contribution >= 0.6 is 0 Å². The fourth-order valence-electron chi connectivity index (χ4n) is 2.28. The van der Waals surface area contributed by atoms with Crippen LogP contribution in [0, 0.1) is 13.8 Å². The number of aromatic nitrogens is 4. The zero-order valence-corrected chi connectivity index (χ0v) is 12.7. The van der Waals surface area contributed by atoms with Gasteiger partial charge in [0, 0.05) is 6.20 Å². The minimum absolute atomic E-state index is 0.0919. The van der Waals surface area contributed by atoms with Crippen LogP contribution in [0.4, 0.5) is 13.2 Å². The molecule has 3 aromatic heterocycles. The number of nitrogens with one attached hydrogen (secondary N) is 1. The van der Waals surface area contributed by atoms with Crippen LogP contribution < -0.4 is 5.32 Å². The summed E-state index contributed by atoms with van der Waals surface area (Å²) in [7, 11) is 0. The lowest BCUT2D eigenvalue weighted by atomic mass is 10.2. The molecule has 0 saturated carbocycles. The molecule has 0 spiro atoms. The topological polar surface area (TPSA) is 85.3 Å². The summed E-state index contributed by atoms with van der Waals surface area (Å²) in [5, 5.41) is 13.8. The van der Waals surface area contributed by atoms with Crippen molar-refractivity contribution in [1.29, 1.82) is 0 Å². The van der Waals surface area contributed by atoms with E-state index in [2.05, 4.69) is 20.7 Å². The van der Waals surface area contributed by atoms with Gasteiger partial charge in [-0.2, -0.15) is 13.2 Å². The Hall–Kier alpha value is -2.91. The molecule has 10 heteroatoms. The van der Waals surface area contributed by atoms with Crippen LogP contribution in [-0.2, 0) is 12.7 Å². The molecule has 1 N–H and O–H groups in total. The summed E-state index contributed by atoms with van der Waals surface area (Å²) < 4.78 is 44.5. The number of rotatable bonds is 3. The summed E-state index contributed by atoms with van der Waals surface area (Å²) in [6, 6.07) is 2.14. The summed E-state index contributed by atoms with van der Waals surface area (Å²) in [5.74, 6) is 0.0849. The first-order valence-corrected chi connectivity index (χ1v) is 6.89. The number of carbonyl (C=O) groups is 1. The Morgan fingerprint density at radius 3 is 2.67 bits per heavy atom. The van der Waals surface area contributed by atoms with Gasteiger partial charge in [-0.3, -0.25) is 9.20 Å². The van der Waals surface area contributed by atoms with E-state index in [1.165, 1.54) is 10.5 Å². The quantitative estimate of drug-likeness (QED) is 0.791. The number of nitrogens with zero attached hydrogens (tertiary/aromatic N) is 4. The molecular formula is C14H12F3N5O2. The van der Waals surface area contributed by atoms with Crippen molar-refractivity contribution >= 4 is 11.6 Å². The Morgan fingerprint density at radius 2 is 2.04 bits per heavy atom. The predicted octanol–water partition coefficient (Wildman–Crippen LogP) is 2.28. The Kier molecular flexibility index (Phi) is 3.74. The van der Waals surface area contributed by atoms with Crippen molar-refractivity contribution in [3.8, 4) is 0 Å². The Balaban J connectivity index is 1.84. The van der Waals surface area contributed by atoms with E-state index in [0.717, 1.165) is 12.3 Å². The van der Waals surface area contributed by atoms with Gasteiger partial charge in [0.15, 0.2) is 11.5 Å². The van der Waals surface area contributed by atoms with Gasteiger partial charge in [-0.1, -0.05) is 5.16 Å². The normalized spacial score (nSPS) is 11.9. The van der Waals surface area contributed by atoms with E-state index in [1.807, 2.05) is 0 Å². The monoisotopic (exact) mass is 339 g/mol. The molecule has 24 heavy (non-hydrogen) atoms. The van der Waals surface area contributed by atoms with Gasteiger partial charge in [0.05, 0.1) is 17.8 Å². The second kappa shape index (κ2) is 5.62. The van der Waals surface area contributed by atoms with Crippen LogP contribution in [0.2, 0.25) is 0 Å².